The van der Waals surface area contributed by atoms with Crippen molar-refractivity contribution in [3.05, 3.63) is 33.9 Å². The van der Waals surface area contributed by atoms with Crippen LogP contribution in [0.2, 0.25) is 0 Å². The van der Waals surface area contributed by atoms with E-state index >= 15 is 0 Å². The Morgan fingerprint density at radius 3 is 2.39 bits per heavy atom. The molecule has 0 fully saturated rings. The summed E-state index contributed by atoms with van der Waals surface area (Å²) in [6.07, 6.45) is 0. The first-order valence-electron chi connectivity index (χ1n) is 4.97. The summed E-state index contributed by atoms with van der Waals surface area (Å²) in [6.45, 7) is 0.0777. The van der Waals surface area contributed by atoms with Gasteiger partial charge in [0.05, 0.1) is 23.7 Å². The van der Waals surface area contributed by atoms with Gasteiger partial charge in [-0.15, -0.1) is 0 Å². The van der Waals surface area contributed by atoms with Crippen LogP contribution in [-0.4, -0.2) is 33.9 Å². The van der Waals surface area contributed by atoms with E-state index in [1.807, 2.05) is 0 Å². The minimum Gasteiger partial charge on any atom is -0.394 e. The fourth-order valence-corrected chi connectivity index (χ4v) is 1.24. The molecule has 8 heteroatoms. The molecule has 0 saturated carbocycles. The normalized spacial score (nSPS) is 11.4. The van der Waals surface area contributed by atoms with E-state index in [-0.39, 0.29) is 0 Å². The zero-order chi connectivity index (χ0) is 13.9. The molecule has 0 spiro atoms. The van der Waals surface area contributed by atoms with Gasteiger partial charge in [-0.25, -0.2) is 8.78 Å². The molecule has 0 heterocycles. The van der Waals surface area contributed by atoms with Crippen molar-refractivity contribution in [1.82, 2.24) is 0 Å². The van der Waals surface area contributed by atoms with Gasteiger partial charge >= 0.3 is 0 Å². The average Bonchev–Trinajstić information content (AvgIpc) is 2.34. The number of halogens is 2. The molecule has 0 atom stereocenters. The summed E-state index contributed by atoms with van der Waals surface area (Å²) in [5, 5.41) is 31.0. The number of aliphatic hydroxyl groups is 2. The molecule has 100 valence electrons. The topological polar surface area (TPSA) is 95.6 Å². The lowest BCUT2D eigenvalue weighted by atomic mass is 10.0. The molecule has 0 saturated heterocycles. The highest BCUT2D eigenvalue weighted by Gasteiger charge is 2.29. The van der Waals surface area contributed by atoms with Crippen LogP contribution in [-0.2, 0) is 0 Å². The summed E-state index contributed by atoms with van der Waals surface area (Å²) < 4.78 is 26.6. The Kier molecular flexibility index (Phi) is 4.15. The van der Waals surface area contributed by atoms with Gasteiger partial charge in [0, 0.05) is 6.07 Å². The molecule has 3 N–H and O–H groups in total. The largest absolute Gasteiger partial charge is 0.394 e. The number of nitrogens with zero attached hydrogens (tertiary/aromatic N) is 1. The van der Waals surface area contributed by atoms with Crippen LogP contribution in [0.25, 0.3) is 0 Å². The molecule has 6 nitrogen and oxygen atoms in total. The second kappa shape index (κ2) is 5.23. The number of rotatable bonds is 5. The second-order valence-corrected chi connectivity index (χ2v) is 4.01. The molecule has 0 aromatic heterocycles. The second-order valence-electron chi connectivity index (χ2n) is 4.01. The number of nitro groups is 1. The number of nitro benzene ring substituents is 1. The Labute approximate surface area is 101 Å². The molecule has 0 radical (unpaired) electrons. The summed E-state index contributed by atoms with van der Waals surface area (Å²) >= 11 is 0. The summed E-state index contributed by atoms with van der Waals surface area (Å²) in [7, 11) is 0. The maximum atomic E-state index is 13.5. The van der Waals surface area contributed by atoms with Crippen molar-refractivity contribution in [1.29, 1.82) is 0 Å². The Morgan fingerprint density at radius 1 is 1.39 bits per heavy atom. The van der Waals surface area contributed by atoms with Gasteiger partial charge in [-0.3, -0.25) is 10.1 Å². The van der Waals surface area contributed by atoms with Gasteiger partial charge < -0.3 is 15.5 Å². The van der Waals surface area contributed by atoms with Crippen molar-refractivity contribution in [3.63, 3.8) is 0 Å². The van der Waals surface area contributed by atoms with Gasteiger partial charge in [-0.2, -0.15) is 0 Å². The molecular formula is C10H12F2N2O4. The number of anilines is 1. The van der Waals surface area contributed by atoms with E-state index in [4.69, 9.17) is 10.2 Å². The van der Waals surface area contributed by atoms with Gasteiger partial charge in [0.1, 0.15) is 0 Å². The number of benzene rings is 1. The van der Waals surface area contributed by atoms with E-state index in [0.29, 0.717) is 6.07 Å². The van der Waals surface area contributed by atoms with Crippen molar-refractivity contribution >= 4 is 11.4 Å². The molecular weight excluding hydrogens is 250 g/mol. The van der Waals surface area contributed by atoms with E-state index < -0.39 is 46.7 Å². The lowest BCUT2D eigenvalue weighted by Gasteiger charge is -2.27. The summed E-state index contributed by atoms with van der Waals surface area (Å²) in [5.74, 6) is -2.70. The third kappa shape index (κ3) is 2.71. The predicted molar refractivity (Wildman–Crippen MR) is 59.2 cm³/mol. The number of hydrogen-bond donors (Lipinski definition) is 3. The van der Waals surface area contributed by atoms with Crippen LogP contribution in [0.5, 0.6) is 0 Å². The van der Waals surface area contributed by atoms with E-state index in [2.05, 4.69) is 5.32 Å². The smallest absolute Gasteiger partial charge is 0.295 e. The zero-order valence-corrected chi connectivity index (χ0v) is 9.48. The first-order valence-corrected chi connectivity index (χ1v) is 4.97. The standard InChI is InChI=1S/C10H12F2N2O4/c1-10(4-15,5-16)13-9-7(14(17)18)3-2-6(11)8(9)12/h2-3,13,15-16H,4-5H2,1H3. The zero-order valence-electron chi connectivity index (χ0n) is 9.48. The predicted octanol–water partition coefficient (Wildman–Crippen LogP) is 1.03. The highest BCUT2D eigenvalue weighted by molar-refractivity contribution is 5.63. The fraction of sp³-hybridized carbons (Fsp3) is 0.400. The monoisotopic (exact) mass is 262 g/mol. The quantitative estimate of drug-likeness (QED) is 0.544. The molecule has 1 aromatic carbocycles. The molecule has 0 aliphatic rings. The third-order valence-corrected chi connectivity index (χ3v) is 2.39. The average molecular weight is 262 g/mol. The van der Waals surface area contributed by atoms with Gasteiger partial charge in [0.15, 0.2) is 17.3 Å². The molecule has 0 aliphatic heterocycles. The summed E-state index contributed by atoms with van der Waals surface area (Å²) in [5.41, 5.74) is -2.79. The van der Waals surface area contributed by atoms with Crippen LogP contribution in [0.3, 0.4) is 0 Å². The van der Waals surface area contributed by atoms with Gasteiger partial charge in [-0.1, -0.05) is 0 Å². The Morgan fingerprint density at radius 2 is 1.94 bits per heavy atom. The number of nitrogens with one attached hydrogen (secondary N) is 1. The van der Waals surface area contributed by atoms with Crippen LogP contribution in [0.15, 0.2) is 12.1 Å². The van der Waals surface area contributed by atoms with Crippen LogP contribution in [0.4, 0.5) is 20.2 Å². The number of aliphatic hydroxyl groups excluding tert-OH is 2. The highest BCUT2D eigenvalue weighted by atomic mass is 19.2. The minimum atomic E-state index is -1.43. The Bertz CT molecular complexity index is 463. The summed E-state index contributed by atoms with van der Waals surface area (Å²) in [4.78, 5) is 9.81. The van der Waals surface area contributed by atoms with Crippen LogP contribution in [0, 0.1) is 21.7 Å². The SMILES string of the molecule is CC(CO)(CO)Nc1c([N+](=O)[O-])ccc(F)c1F. The Hall–Kier alpha value is -1.80. The molecule has 0 aliphatic carbocycles. The molecule has 1 aromatic rings. The van der Waals surface area contributed by atoms with Gasteiger partial charge in [0.2, 0.25) is 0 Å². The van der Waals surface area contributed by atoms with E-state index in [0.717, 1.165) is 6.07 Å². The van der Waals surface area contributed by atoms with Crippen molar-refractivity contribution in [2.75, 3.05) is 18.5 Å². The molecule has 0 amide bonds. The van der Waals surface area contributed by atoms with Crippen LogP contribution in [0.1, 0.15) is 6.92 Å². The van der Waals surface area contributed by atoms with Crippen LogP contribution < -0.4 is 5.32 Å². The third-order valence-electron chi connectivity index (χ3n) is 2.39. The van der Waals surface area contributed by atoms with Crippen molar-refractivity contribution in [3.8, 4) is 0 Å². The minimum absolute atomic E-state index is 0.614. The van der Waals surface area contributed by atoms with E-state index in [1.54, 1.807) is 0 Å². The Balaban J connectivity index is 3.29. The number of hydrogen-bond acceptors (Lipinski definition) is 5. The van der Waals surface area contributed by atoms with Gasteiger partial charge in [-0.05, 0) is 13.0 Å². The van der Waals surface area contributed by atoms with Gasteiger partial charge in [0.25, 0.3) is 5.69 Å². The highest BCUT2D eigenvalue weighted by Crippen LogP contribution is 2.31. The molecule has 18 heavy (non-hydrogen) atoms. The van der Waals surface area contributed by atoms with Crippen LogP contribution >= 0.6 is 0 Å². The lowest BCUT2D eigenvalue weighted by molar-refractivity contribution is -0.384. The maximum absolute atomic E-state index is 13.5. The first kappa shape index (κ1) is 14.3. The molecule has 0 unspecified atom stereocenters. The van der Waals surface area contributed by atoms with Crippen molar-refractivity contribution in [2.45, 2.75) is 12.5 Å². The molecule has 1 rings (SSSR count). The molecule has 0 bridgehead atoms. The van der Waals surface area contributed by atoms with E-state index in [9.17, 15) is 18.9 Å². The lowest BCUT2D eigenvalue weighted by Crippen LogP contribution is -2.43. The fourth-order valence-electron chi connectivity index (χ4n) is 1.24. The summed E-state index contributed by atoms with van der Waals surface area (Å²) in [6, 6.07) is 1.43. The van der Waals surface area contributed by atoms with Crippen molar-refractivity contribution in [2.24, 2.45) is 0 Å². The van der Waals surface area contributed by atoms with Crippen molar-refractivity contribution < 1.29 is 23.9 Å². The van der Waals surface area contributed by atoms with E-state index in [1.165, 1.54) is 6.92 Å². The maximum Gasteiger partial charge on any atom is 0.295 e. The first-order chi connectivity index (χ1) is 8.34.